The van der Waals surface area contributed by atoms with Crippen molar-refractivity contribution in [2.75, 3.05) is 6.54 Å². The standard InChI is InChI=1S/C17H23N5O/c1-22-9-14(11-3-2-6-19-16(11)22)10-4-5-12-13(7-10)15(8-18)20-21-17(12)23/h2-3,6,9-10,12-13,15,20H,4-5,7-8,18H2,1H3,(H,21,23). The molecule has 122 valence electrons. The average Bonchev–Trinajstić information content (AvgIpc) is 2.92. The van der Waals surface area contributed by atoms with Crippen LogP contribution in [-0.4, -0.2) is 28.0 Å². The SMILES string of the molecule is Cn1cc(C2CCC3C(=O)NNC(CN)C3C2)c2cccnc21. The van der Waals surface area contributed by atoms with Gasteiger partial charge in [-0.3, -0.25) is 10.2 Å². The smallest absolute Gasteiger partial charge is 0.237 e. The molecule has 0 aromatic carbocycles. The first-order chi connectivity index (χ1) is 11.2. The van der Waals surface area contributed by atoms with Crippen molar-refractivity contribution in [1.82, 2.24) is 20.4 Å². The summed E-state index contributed by atoms with van der Waals surface area (Å²) in [6.07, 6.45) is 7.01. The van der Waals surface area contributed by atoms with E-state index in [-0.39, 0.29) is 17.9 Å². The summed E-state index contributed by atoms with van der Waals surface area (Å²) in [5.41, 5.74) is 14.2. The number of hydrogen-bond donors (Lipinski definition) is 3. The first kappa shape index (κ1) is 14.7. The summed E-state index contributed by atoms with van der Waals surface area (Å²) in [5, 5.41) is 1.23. The molecule has 2 fully saturated rings. The van der Waals surface area contributed by atoms with Gasteiger partial charge in [-0.05, 0) is 48.8 Å². The molecule has 23 heavy (non-hydrogen) atoms. The lowest BCUT2D eigenvalue weighted by molar-refractivity contribution is -0.133. The second kappa shape index (κ2) is 5.62. The third-order valence-electron chi connectivity index (χ3n) is 5.59. The van der Waals surface area contributed by atoms with Gasteiger partial charge in [-0.2, -0.15) is 0 Å². The van der Waals surface area contributed by atoms with Crippen LogP contribution in [0.3, 0.4) is 0 Å². The Bertz CT molecular complexity index is 740. The fourth-order valence-electron chi connectivity index (χ4n) is 4.42. The van der Waals surface area contributed by atoms with Crippen LogP contribution in [-0.2, 0) is 11.8 Å². The normalized spacial score (nSPS) is 31.0. The maximum atomic E-state index is 12.1. The molecule has 4 rings (SSSR count). The van der Waals surface area contributed by atoms with Crippen LogP contribution in [0.1, 0.15) is 30.7 Å². The molecule has 2 aliphatic rings. The van der Waals surface area contributed by atoms with Gasteiger partial charge < -0.3 is 10.3 Å². The molecule has 4 N–H and O–H groups in total. The highest BCUT2D eigenvalue weighted by molar-refractivity contribution is 5.82. The Morgan fingerprint density at radius 2 is 2.30 bits per heavy atom. The third kappa shape index (κ3) is 2.33. The van der Waals surface area contributed by atoms with Gasteiger partial charge >= 0.3 is 0 Å². The van der Waals surface area contributed by atoms with Gasteiger partial charge in [-0.1, -0.05) is 0 Å². The van der Waals surface area contributed by atoms with E-state index in [2.05, 4.69) is 32.7 Å². The summed E-state index contributed by atoms with van der Waals surface area (Å²) >= 11 is 0. The van der Waals surface area contributed by atoms with Crippen LogP contribution < -0.4 is 16.6 Å². The molecule has 0 bridgehead atoms. The van der Waals surface area contributed by atoms with Gasteiger partial charge in [-0.15, -0.1) is 0 Å². The first-order valence-electron chi connectivity index (χ1n) is 8.34. The number of hydrogen-bond acceptors (Lipinski definition) is 4. The highest BCUT2D eigenvalue weighted by atomic mass is 16.2. The molecule has 3 heterocycles. The van der Waals surface area contributed by atoms with Crippen molar-refractivity contribution < 1.29 is 4.79 Å². The van der Waals surface area contributed by atoms with Crippen LogP contribution in [0.4, 0.5) is 0 Å². The van der Waals surface area contributed by atoms with E-state index in [1.807, 2.05) is 19.3 Å². The highest BCUT2D eigenvalue weighted by Gasteiger charge is 2.42. The van der Waals surface area contributed by atoms with Gasteiger partial charge in [0.15, 0.2) is 0 Å². The maximum absolute atomic E-state index is 12.1. The molecule has 0 radical (unpaired) electrons. The first-order valence-corrected chi connectivity index (χ1v) is 8.34. The number of pyridine rings is 1. The Morgan fingerprint density at radius 3 is 3.13 bits per heavy atom. The van der Waals surface area contributed by atoms with Crippen LogP contribution in [0.25, 0.3) is 11.0 Å². The van der Waals surface area contributed by atoms with Crippen molar-refractivity contribution in [1.29, 1.82) is 0 Å². The molecule has 2 aromatic heterocycles. The molecule has 2 aromatic rings. The van der Waals surface area contributed by atoms with E-state index in [9.17, 15) is 4.79 Å². The minimum atomic E-state index is 0.0918. The number of carbonyl (C=O) groups is 1. The van der Waals surface area contributed by atoms with E-state index in [4.69, 9.17) is 5.73 Å². The van der Waals surface area contributed by atoms with Gasteiger partial charge in [0.05, 0.1) is 0 Å². The largest absolute Gasteiger partial charge is 0.335 e. The fraction of sp³-hybridized carbons (Fsp3) is 0.529. The van der Waals surface area contributed by atoms with Crippen molar-refractivity contribution in [2.45, 2.75) is 31.2 Å². The number of fused-ring (bicyclic) bond motifs is 2. The lowest BCUT2D eigenvalue weighted by Crippen LogP contribution is -2.62. The van der Waals surface area contributed by atoms with Gasteiger partial charge in [0.2, 0.25) is 5.91 Å². The summed E-state index contributed by atoms with van der Waals surface area (Å²) < 4.78 is 2.10. The number of nitrogens with two attached hydrogens (primary N) is 1. The molecule has 1 saturated carbocycles. The predicted molar refractivity (Wildman–Crippen MR) is 88.4 cm³/mol. The van der Waals surface area contributed by atoms with E-state index in [0.29, 0.717) is 18.4 Å². The van der Waals surface area contributed by atoms with Gasteiger partial charge in [0, 0.05) is 43.3 Å². The van der Waals surface area contributed by atoms with E-state index in [0.717, 1.165) is 24.9 Å². The maximum Gasteiger partial charge on any atom is 0.237 e. The number of carbonyl (C=O) groups excluding carboxylic acids is 1. The fourth-order valence-corrected chi connectivity index (χ4v) is 4.42. The molecule has 6 heteroatoms. The topological polar surface area (TPSA) is 85.0 Å². The highest BCUT2D eigenvalue weighted by Crippen LogP contribution is 2.43. The van der Waals surface area contributed by atoms with Crippen molar-refractivity contribution in [2.24, 2.45) is 24.6 Å². The Kier molecular flexibility index (Phi) is 3.58. The Hall–Kier alpha value is -1.92. The number of hydrazine groups is 1. The summed E-state index contributed by atoms with van der Waals surface area (Å²) in [5.74, 6) is 0.984. The predicted octanol–water partition coefficient (Wildman–Crippen LogP) is 1.03. The van der Waals surface area contributed by atoms with Gasteiger partial charge in [0.25, 0.3) is 0 Å². The lowest BCUT2D eigenvalue weighted by atomic mass is 9.68. The molecule has 4 unspecified atom stereocenters. The molecule has 1 saturated heterocycles. The minimum absolute atomic E-state index is 0.0918. The number of amides is 1. The Balaban J connectivity index is 1.67. The van der Waals surface area contributed by atoms with Crippen LogP contribution >= 0.6 is 0 Å². The van der Waals surface area contributed by atoms with Crippen LogP contribution in [0.2, 0.25) is 0 Å². The molecule has 1 amide bonds. The molecular formula is C17H23N5O. The second-order valence-electron chi connectivity index (χ2n) is 6.83. The third-order valence-corrected chi connectivity index (χ3v) is 5.59. The zero-order chi connectivity index (χ0) is 16.0. The van der Waals surface area contributed by atoms with Crippen molar-refractivity contribution in [3.8, 4) is 0 Å². The number of rotatable bonds is 2. The number of aryl methyl sites for hydroxylation is 1. The number of aromatic nitrogens is 2. The number of nitrogens with zero attached hydrogens (tertiary/aromatic N) is 2. The van der Waals surface area contributed by atoms with E-state index < -0.39 is 0 Å². The van der Waals surface area contributed by atoms with Crippen LogP contribution in [0.5, 0.6) is 0 Å². The number of nitrogens with one attached hydrogen (secondary N) is 2. The van der Waals surface area contributed by atoms with Crippen molar-refractivity contribution in [3.05, 3.63) is 30.1 Å². The monoisotopic (exact) mass is 313 g/mol. The van der Waals surface area contributed by atoms with E-state index in [1.165, 1.54) is 10.9 Å². The minimum Gasteiger partial charge on any atom is -0.335 e. The Morgan fingerprint density at radius 1 is 1.43 bits per heavy atom. The van der Waals surface area contributed by atoms with Gasteiger partial charge in [-0.25, -0.2) is 10.4 Å². The lowest BCUT2D eigenvalue weighted by Gasteiger charge is -2.43. The quantitative estimate of drug-likeness (QED) is 0.773. The molecule has 6 nitrogen and oxygen atoms in total. The molecular weight excluding hydrogens is 290 g/mol. The zero-order valence-corrected chi connectivity index (χ0v) is 13.3. The molecule has 4 atom stereocenters. The van der Waals surface area contributed by atoms with Crippen LogP contribution in [0, 0.1) is 11.8 Å². The van der Waals surface area contributed by atoms with Crippen molar-refractivity contribution in [3.63, 3.8) is 0 Å². The summed E-state index contributed by atoms with van der Waals surface area (Å²) in [4.78, 5) is 16.6. The summed E-state index contributed by atoms with van der Waals surface area (Å²) in [7, 11) is 2.04. The molecule has 0 spiro atoms. The average molecular weight is 313 g/mol. The molecule has 1 aliphatic heterocycles. The van der Waals surface area contributed by atoms with Gasteiger partial charge in [0.1, 0.15) is 5.65 Å². The second-order valence-corrected chi connectivity index (χ2v) is 6.83. The van der Waals surface area contributed by atoms with E-state index in [1.54, 1.807) is 0 Å². The van der Waals surface area contributed by atoms with Crippen LogP contribution in [0.15, 0.2) is 24.5 Å². The Labute approximate surface area is 135 Å². The molecule has 1 aliphatic carbocycles. The van der Waals surface area contributed by atoms with Crippen molar-refractivity contribution >= 4 is 16.9 Å². The van der Waals surface area contributed by atoms with E-state index >= 15 is 0 Å². The summed E-state index contributed by atoms with van der Waals surface area (Å²) in [6.45, 7) is 0.547. The zero-order valence-electron chi connectivity index (χ0n) is 13.3. The summed E-state index contributed by atoms with van der Waals surface area (Å²) in [6, 6.07) is 4.31.